The maximum Gasteiger partial charge on any atom is 0.413 e. The Morgan fingerprint density at radius 2 is 2.06 bits per heavy atom. The maximum atomic E-state index is 11.6. The van der Waals surface area contributed by atoms with E-state index in [9.17, 15) is 9.59 Å². The molecule has 0 bridgehead atoms. The van der Waals surface area contributed by atoms with Gasteiger partial charge in [0.05, 0.1) is 13.7 Å². The van der Waals surface area contributed by atoms with Crippen LogP contribution in [0.3, 0.4) is 0 Å². The van der Waals surface area contributed by atoms with E-state index < -0.39 is 6.09 Å². The maximum absolute atomic E-state index is 11.6. The number of hydrogen-bond donors (Lipinski definition) is 2. The minimum Gasteiger partial charge on any atom is -0.453 e. The largest absolute Gasteiger partial charge is 0.453 e. The molecule has 0 saturated heterocycles. The zero-order valence-electron chi connectivity index (χ0n) is 10.4. The van der Waals surface area contributed by atoms with Crippen LogP contribution in [0.2, 0.25) is 0 Å². The summed E-state index contributed by atoms with van der Waals surface area (Å²) in [6, 6.07) is 8.26. The van der Waals surface area contributed by atoms with Gasteiger partial charge in [-0.2, -0.15) is 0 Å². The highest BCUT2D eigenvalue weighted by Crippen LogP contribution is 2.10. The Labute approximate surface area is 106 Å². The second kappa shape index (κ2) is 5.64. The molecule has 96 valence electrons. The van der Waals surface area contributed by atoms with Gasteiger partial charge in [0.2, 0.25) is 0 Å². The Morgan fingerprint density at radius 3 is 2.78 bits per heavy atom. The highest BCUT2D eigenvalue weighted by Gasteiger charge is 2.22. The lowest BCUT2D eigenvalue weighted by atomic mass is 10.00. The van der Waals surface area contributed by atoms with E-state index in [0.717, 1.165) is 24.4 Å². The van der Waals surface area contributed by atoms with Gasteiger partial charge in [-0.25, -0.2) is 4.79 Å². The molecule has 1 heterocycles. The first-order valence-corrected chi connectivity index (χ1v) is 5.97. The number of ether oxygens (including phenoxy) is 1. The molecule has 0 saturated carbocycles. The van der Waals surface area contributed by atoms with Crippen LogP contribution in [0.4, 0.5) is 4.79 Å². The van der Waals surface area contributed by atoms with Crippen molar-refractivity contribution in [1.29, 1.82) is 0 Å². The number of carbonyl (C=O) groups excluding carboxylic acids is 2. The standard InChI is InChI=1S/C13H16N2O3/c1-18-13(17)14-12(16)9-15-7-6-10-4-2-3-5-11(10)8-15/h2-5H,6-9H2,1H3,(H,14,16,17)/p+1. The van der Waals surface area contributed by atoms with Crippen molar-refractivity contribution in [3.63, 3.8) is 0 Å². The third-order valence-corrected chi connectivity index (χ3v) is 3.14. The van der Waals surface area contributed by atoms with E-state index in [1.807, 2.05) is 12.1 Å². The molecular weight excluding hydrogens is 232 g/mol. The first kappa shape index (κ1) is 12.6. The van der Waals surface area contributed by atoms with Crippen molar-refractivity contribution < 1.29 is 19.2 Å². The lowest BCUT2D eigenvalue weighted by Crippen LogP contribution is -3.12. The highest BCUT2D eigenvalue weighted by molar-refractivity contribution is 5.92. The molecule has 0 radical (unpaired) electrons. The fraction of sp³-hybridized carbons (Fsp3) is 0.385. The number of benzene rings is 1. The van der Waals surface area contributed by atoms with Crippen LogP contribution in [0.25, 0.3) is 0 Å². The lowest BCUT2D eigenvalue weighted by molar-refractivity contribution is -0.908. The van der Waals surface area contributed by atoms with E-state index in [2.05, 4.69) is 22.2 Å². The van der Waals surface area contributed by atoms with Gasteiger partial charge in [0.25, 0.3) is 5.91 Å². The average Bonchev–Trinajstić information content (AvgIpc) is 2.38. The smallest absolute Gasteiger partial charge is 0.413 e. The second-order valence-corrected chi connectivity index (χ2v) is 4.41. The molecule has 0 aromatic heterocycles. The average molecular weight is 249 g/mol. The molecule has 1 atom stereocenters. The van der Waals surface area contributed by atoms with Crippen molar-refractivity contribution in [1.82, 2.24) is 5.32 Å². The van der Waals surface area contributed by atoms with Crippen LogP contribution < -0.4 is 10.2 Å². The number of carbonyl (C=O) groups is 2. The van der Waals surface area contributed by atoms with Crippen LogP contribution in [-0.2, 0) is 22.5 Å². The normalized spacial score (nSPS) is 17.7. The van der Waals surface area contributed by atoms with Gasteiger partial charge in [0.1, 0.15) is 6.54 Å². The molecular formula is C13H17N2O3+. The lowest BCUT2D eigenvalue weighted by Gasteiger charge is -2.25. The van der Waals surface area contributed by atoms with Gasteiger partial charge in [0, 0.05) is 12.0 Å². The number of fused-ring (bicyclic) bond motifs is 1. The van der Waals surface area contributed by atoms with Crippen molar-refractivity contribution in [2.45, 2.75) is 13.0 Å². The summed E-state index contributed by atoms with van der Waals surface area (Å²) in [6.45, 7) is 2.03. The Balaban J connectivity index is 1.90. The fourth-order valence-corrected chi connectivity index (χ4v) is 2.23. The molecule has 1 aromatic carbocycles. The fourth-order valence-electron chi connectivity index (χ4n) is 2.23. The number of hydrogen-bond acceptors (Lipinski definition) is 3. The SMILES string of the molecule is COC(=O)NC(=O)C[NH+]1CCc2ccccc2C1. The first-order valence-electron chi connectivity index (χ1n) is 5.97. The number of methoxy groups -OCH3 is 1. The zero-order valence-corrected chi connectivity index (χ0v) is 10.4. The molecule has 5 nitrogen and oxygen atoms in total. The van der Waals surface area contributed by atoms with Crippen molar-refractivity contribution in [3.8, 4) is 0 Å². The van der Waals surface area contributed by atoms with Crippen molar-refractivity contribution >= 4 is 12.0 Å². The Morgan fingerprint density at radius 1 is 1.33 bits per heavy atom. The number of rotatable bonds is 2. The number of amides is 2. The summed E-state index contributed by atoms with van der Waals surface area (Å²) in [6.07, 6.45) is 0.272. The molecule has 0 fully saturated rings. The van der Waals surface area contributed by atoms with E-state index in [4.69, 9.17) is 0 Å². The van der Waals surface area contributed by atoms with Crippen LogP contribution in [0.5, 0.6) is 0 Å². The molecule has 1 aromatic rings. The van der Waals surface area contributed by atoms with Crippen molar-refractivity contribution in [3.05, 3.63) is 35.4 Å². The summed E-state index contributed by atoms with van der Waals surface area (Å²) < 4.78 is 4.39. The van der Waals surface area contributed by atoms with Gasteiger partial charge in [-0.15, -0.1) is 0 Å². The molecule has 2 rings (SSSR count). The van der Waals surface area contributed by atoms with Crippen LogP contribution in [0.15, 0.2) is 24.3 Å². The quantitative estimate of drug-likeness (QED) is 0.743. The predicted octanol–water partition coefficient (Wildman–Crippen LogP) is -0.490. The van der Waals surface area contributed by atoms with Gasteiger partial charge >= 0.3 is 6.09 Å². The topological polar surface area (TPSA) is 59.8 Å². The molecule has 18 heavy (non-hydrogen) atoms. The second-order valence-electron chi connectivity index (χ2n) is 4.41. The van der Waals surface area contributed by atoms with E-state index in [1.54, 1.807) is 0 Å². The monoisotopic (exact) mass is 249 g/mol. The number of imide groups is 1. The summed E-state index contributed by atoms with van der Waals surface area (Å²) in [5.41, 5.74) is 2.64. The minimum atomic E-state index is -0.697. The molecule has 0 aliphatic carbocycles. The minimum absolute atomic E-state index is 0.295. The molecule has 5 heteroatoms. The third kappa shape index (κ3) is 3.07. The summed E-state index contributed by atoms with van der Waals surface area (Å²) in [5, 5.41) is 2.18. The Bertz CT molecular complexity index is 459. The summed E-state index contributed by atoms with van der Waals surface area (Å²) in [5.74, 6) is -0.295. The number of nitrogens with one attached hydrogen (secondary N) is 2. The van der Waals surface area contributed by atoms with Gasteiger partial charge in [-0.05, 0) is 5.56 Å². The van der Waals surface area contributed by atoms with Crippen LogP contribution in [0, 0.1) is 0 Å². The molecule has 0 spiro atoms. The van der Waals surface area contributed by atoms with E-state index >= 15 is 0 Å². The zero-order chi connectivity index (χ0) is 13.0. The van der Waals surface area contributed by atoms with Gasteiger partial charge in [-0.3, -0.25) is 10.1 Å². The molecule has 2 N–H and O–H groups in total. The van der Waals surface area contributed by atoms with Gasteiger partial charge in [0.15, 0.2) is 6.54 Å². The summed E-state index contributed by atoms with van der Waals surface area (Å²) in [7, 11) is 1.24. The number of quaternary nitrogens is 1. The summed E-state index contributed by atoms with van der Waals surface area (Å²) in [4.78, 5) is 23.6. The Hall–Kier alpha value is -1.88. The van der Waals surface area contributed by atoms with Crippen LogP contribution >= 0.6 is 0 Å². The van der Waals surface area contributed by atoms with Crippen LogP contribution in [0.1, 0.15) is 11.1 Å². The van der Waals surface area contributed by atoms with Crippen molar-refractivity contribution in [2.24, 2.45) is 0 Å². The molecule has 1 unspecified atom stereocenters. The molecule has 1 aliphatic heterocycles. The third-order valence-electron chi connectivity index (χ3n) is 3.14. The molecule has 1 aliphatic rings. The van der Waals surface area contributed by atoms with Crippen molar-refractivity contribution in [2.75, 3.05) is 20.2 Å². The van der Waals surface area contributed by atoms with Gasteiger partial charge < -0.3 is 9.64 Å². The Kier molecular flexibility index (Phi) is 3.94. The first-order chi connectivity index (χ1) is 8.69. The van der Waals surface area contributed by atoms with E-state index in [1.165, 1.54) is 18.2 Å². The summed E-state index contributed by atoms with van der Waals surface area (Å²) >= 11 is 0. The number of alkyl carbamates (subject to hydrolysis) is 1. The van der Waals surface area contributed by atoms with Gasteiger partial charge in [-0.1, -0.05) is 24.3 Å². The highest BCUT2D eigenvalue weighted by atomic mass is 16.5. The van der Waals surface area contributed by atoms with E-state index in [-0.39, 0.29) is 5.91 Å². The van der Waals surface area contributed by atoms with Crippen LogP contribution in [-0.4, -0.2) is 32.2 Å². The predicted molar refractivity (Wildman–Crippen MR) is 65.1 cm³/mol. The molecule has 2 amide bonds. The van der Waals surface area contributed by atoms with E-state index in [0.29, 0.717) is 6.54 Å².